The van der Waals surface area contributed by atoms with Gasteiger partial charge in [0.15, 0.2) is 5.69 Å². The smallest absolute Gasteiger partial charge is 0.359 e. The molecule has 0 atom stereocenters. The van der Waals surface area contributed by atoms with Crippen LogP contribution in [0.15, 0.2) is 29.2 Å². The van der Waals surface area contributed by atoms with Gasteiger partial charge in [0.1, 0.15) is 11.3 Å². The maximum absolute atomic E-state index is 14.1. The summed E-state index contributed by atoms with van der Waals surface area (Å²) in [5.74, 6) is -5.05. The number of hydrogen-bond donors (Lipinski definition) is 1. The molecule has 0 spiro atoms. The predicted molar refractivity (Wildman–Crippen MR) is 91.5 cm³/mol. The Labute approximate surface area is 151 Å². The van der Waals surface area contributed by atoms with Gasteiger partial charge in [-0.25, -0.2) is 22.5 Å². The van der Waals surface area contributed by atoms with Crippen LogP contribution in [0.2, 0.25) is 0 Å². The largest absolute Gasteiger partial charge is 0.461 e. The van der Waals surface area contributed by atoms with Crippen LogP contribution in [0.3, 0.4) is 0 Å². The Hall–Kier alpha value is -3.10. The van der Waals surface area contributed by atoms with E-state index in [2.05, 4.69) is 10.1 Å². The molecule has 0 fully saturated rings. The third-order valence-electron chi connectivity index (χ3n) is 4.02. The number of alkyl halides is 2. The van der Waals surface area contributed by atoms with E-state index in [4.69, 9.17) is 4.74 Å². The summed E-state index contributed by atoms with van der Waals surface area (Å²) in [6.07, 6.45) is 1.25. The van der Waals surface area contributed by atoms with E-state index in [-0.39, 0.29) is 12.3 Å². The number of aromatic nitrogens is 3. The van der Waals surface area contributed by atoms with E-state index in [1.54, 1.807) is 13.0 Å². The Bertz CT molecular complexity index is 1100. The zero-order valence-corrected chi connectivity index (χ0v) is 14.8. The highest BCUT2D eigenvalue weighted by Gasteiger charge is 2.37. The van der Waals surface area contributed by atoms with Gasteiger partial charge in [-0.2, -0.15) is 5.10 Å². The van der Waals surface area contributed by atoms with E-state index in [9.17, 15) is 22.8 Å². The van der Waals surface area contributed by atoms with Crippen molar-refractivity contribution in [2.75, 3.05) is 6.61 Å². The molecular weight excluding hydrogens is 363 g/mol. The Morgan fingerprint density at radius 3 is 2.67 bits per heavy atom. The Morgan fingerprint density at radius 1 is 1.37 bits per heavy atom. The van der Waals surface area contributed by atoms with Gasteiger partial charge in [0.05, 0.1) is 24.1 Å². The van der Waals surface area contributed by atoms with Crippen molar-refractivity contribution in [1.82, 2.24) is 14.6 Å². The van der Waals surface area contributed by atoms with E-state index in [1.165, 1.54) is 25.3 Å². The van der Waals surface area contributed by atoms with Crippen molar-refractivity contribution in [1.29, 1.82) is 0 Å². The number of benzene rings is 1. The second kappa shape index (κ2) is 6.57. The molecule has 0 radical (unpaired) electrons. The van der Waals surface area contributed by atoms with Crippen LogP contribution in [0, 0.1) is 12.7 Å². The SMILES string of the molecule is CCOC(=O)c1nn2cc(-c3ccc(C)c(F)c3)[nH]c(=O)c2c1C(C)(F)F. The topological polar surface area (TPSA) is 76.5 Å². The first kappa shape index (κ1) is 18.7. The fraction of sp³-hybridized carbons (Fsp3) is 0.278. The van der Waals surface area contributed by atoms with Gasteiger partial charge in [-0.15, -0.1) is 0 Å². The average molecular weight is 379 g/mol. The van der Waals surface area contributed by atoms with E-state index >= 15 is 0 Å². The van der Waals surface area contributed by atoms with Crippen LogP contribution in [0.1, 0.15) is 35.5 Å². The molecule has 2 heterocycles. The van der Waals surface area contributed by atoms with Gasteiger partial charge in [0.2, 0.25) is 0 Å². The first-order chi connectivity index (χ1) is 12.6. The number of carbonyl (C=O) groups excluding carboxylic acids is 1. The number of carbonyl (C=O) groups is 1. The summed E-state index contributed by atoms with van der Waals surface area (Å²) in [6, 6.07) is 4.30. The van der Waals surface area contributed by atoms with Gasteiger partial charge in [-0.3, -0.25) is 4.79 Å². The molecule has 0 saturated heterocycles. The van der Waals surface area contributed by atoms with Crippen molar-refractivity contribution in [2.24, 2.45) is 0 Å². The van der Waals surface area contributed by atoms with Gasteiger partial charge < -0.3 is 9.72 Å². The molecule has 142 valence electrons. The molecule has 27 heavy (non-hydrogen) atoms. The van der Waals surface area contributed by atoms with Crippen molar-refractivity contribution in [3.8, 4) is 11.3 Å². The highest BCUT2D eigenvalue weighted by atomic mass is 19.3. The van der Waals surface area contributed by atoms with Crippen LogP contribution in [-0.2, 0) is 10.7 Å². The summed E-state index contributed by atoms with van der Waals surface area (Å²) in [4.78, 5) is 27.0. The Morgan fingerprint density at radius 2 is 2.07 bits per heavy atom. The minimum atomic E-state index is -3.51. The third kappa shape index (κ3) is 3.32. The second-order valence-corrected chi connectivity index (χ2v) is 6.09. The summed E-state index contributed by atoms with van der Waals surface area (Å²) < 4.78 is 47.7. The number of nitrogens with zero attached hydrogens (tertiary/aromatic N) is 2. The fourth-order valence-electron chi connectivity index (χ4n) is 2.75. The van der Waals surface area contributed by atoms with Crippen molar-refractivity contribution in [2.45, 2.75) is 26.7 Å². The first-order valence-corrected chi connectivity index (χ1v) is 8.11. The monoisotopic (exact) mass is 379 g/mol. The molecule has 0 amide bonds. The number of H-pyrrole nitrogens is 1. The van der Waals surface area contributed by atoms with Crippen molar-refractivity contribution in [3.63, 3.8) is 0 Å². The molecule has 3 rings (SSSR count). The van der Waals surface area contributed by atoms with E-state index in [1.807, 2.05) is 0 Å². The molecule has 9 heteroatoms. The summed E-state index contributed by atoms with van der Waals surface area (Å²) >= 11 is 0. The molecule has 3 aromatic rings. The maximum Gasteiger partial charge on any atom is 0.359 e. The molecule has 2 aromatic heterocycles. The van der Waals surface area contributed by atoms with Gasteiger partial charge in [-0.05, 0) is 25.5 Å². The van der Waals surface area contributed by atoms with Gasteiger partial charge in [0, 0.05) is 12.5 Å². The quantitative estimate of drug-likeness (QED) is 0.705. The molecule has 1 aromatic carbocycles. The average Bonchev–Trinajstić information content (AvgIpc) is 2.98. The lowest BCUT2D eigenvalue weighted by Gasteiger charge is -2.10. The second-order valence-electron chi connectivity index (χ2n) is 6.09. The Kier molecular flexibility index (Phi) is 4.54. The number of aromatic amines is 1. The molecule has 0 unspecified atom stereocenters. The molecule has 0 aliphatic carbocycles. The molecule has 0 aliphatic rings. The summed E-state index contributed by atoms with van der Waals surface area (Å²) in [5.41, 5.74) is -1.90. The standard InChI is InChI=1S/C18H16F3N3O3/c1-4-27-17(26)14-13(18(3,20)21)15-16(25)22-12(8-24(15)23-14)10-6-5-9(2)11(19)7-10/h5-8H,4H2,1-3H3,(H,22,25). The number of nitrogens with one attached hydrogen (secondary N) is 1. The van der Waals surface area contributed by atoms with E-state index in [0.717, 1.165) is 4.52 Å². The minimum Gasteiger partial charge on any atom is -0.461 e. The van der Waals surface area contributed by atoms with Gasteiger partial charge in [-0.1, -0.05) is 12.1 Å². The van der Waals surface area contributed by atoms with Crippen LogP contribution in [0.5, 0.6) is 0 Å². The molecule has 0 aliphatic heterocycles. The highest BCUT2D eigenvalue weighted by molar-refractivity contribution is 5.92. The lowest BCUT2D eigenvalue weighted by molar-refractivity contribution is 0.0156. The van der Waals surface area contributed by atoms with Crippen LogP contribution >= 0.6 is 0 Å². The van der Waals surface area contributed by atoms with Crippen molar-refractivity contribution < 1.29 is 22.7 Å². The molecule has 0 saturated carbocycles. The lowest BCUT2D eigenvalue weighted by Crippen LogP contribution is -2.18. The lowest BCUT2D eigenvalue weighted by atomic mass is 10.1. The number of hydrogen-bond acceptors (Lipinski definition) is 4. The first-order valence-electron chi connectivity index (χ1n) is 8.11. The normalized spacial score (nSPS) is 11.8. The van der Waals surface area contributed by atoms with Crippen LogP contribution in [0.25, 0.3) is 16.8 Å². The van der Waals surface area contributed by atoms with Gasteiger partial charge in [0.25, 0.3) is 11.5 Å². The summed E-state index contributed by atoms with van der Waals surface area (Å²) in [7, 11) is 0. The zero-order valence-electron chi connectivity index (χ0n) is 14.8. The number of aryl methyl sites for hydroxylation is 1. The maximum atomic E-state index is 14.1. The molecule has 6 nitrogen and oxygen atoms in total. The van der Waals surface area contributed by atoms with E-state index in [0.29, 0.717) is 18.1 Å². The number of rotatable bonds is 4. The minimum absolute atomic E-state index is 0.0360. The Balaban J connectivity index is 2.28. The molecule has 1 N–H and O–H groups in total. The molecule has 0 bridgehead atoms. The van der Waals surface area contributed by atoms with Crippen molar-refractivity contribution in [3.05, 3.63) is 57.4 Å². The third-order valence-corrected chi connectivity index (χ3v) is 4.02. The fourth-order valence-corrected chi connectivity index (χ4v) is 2.75. The summed E-state index contributed by atoms with van der Waals surface area (Å²) in [6.45, 7) is 3.63. The van der Waals surface area contributed by atoms with Crippen LogP contribution < -0.4 is 5.56 Å². The molecular formula is C18H16F3N3O3. The number of esters is 1. The number of fused-ring (bicyclic) bond motifs is 1. The highest BCUT2D eigenvalue weighted by Crippen LogP contribution is 2.33. The van der Waals surface area contributed by atoms with Crippen molar-refractivity contribution >= 4 is 11.5 Å². The zero-order chi connectivity index (χ0) is 19.9. The van der Waals surface area contributed by atoms with Gasteiger partial charge >= 0.3 is 5.97 Å². The van der Waals surface area contributed by atoms with Crippen LogP contribution in [0.4, 0.5) is 13.2 Å². The van der Waals surface area contributed by atoms with Crippen LogP contribution in [-0.4, -0.2) is 27.2 Å². The number of halogens is 3. The van der Waals surface area contributed by atoms with E-state index < -0.39 is 40.0 Å². The number of ether oxygens (including phenoxy) is 1. The summed E-state index contributed by atoms with van der Waals surface area (Å²) in [5, 5.41) is 3.83. The predicted octanol–water partition coefficient (Wildman–Crippen LogP) is 3.43.